The smallest absolute Gasteiger partial charge is 0.101 e. The van der Waals surface area contributed by atoms with Crippen LogP contribution in [0.3, 0.4) is 0 Å². The van der Waals surface area contributed by atoms with E-state index in [1.165, 1.54) is 30.4 Å². The third kappa shape index (κ3) is 2.98. The first-order valence-corrected chi connectivity index (χ1v) is 8.69. The van der Waals surface area contributed by atoms with E-state index in [0.29, 0.717) is 17.6 Å². The van der Waals surface area contributed by atoms with Gasteiger partial charge in [-0.3, -0.25) is 9.88 Å². The SMILES string of the molecule is N#Cc1cncc(C2=CC3CCCC(C2)N3Cc2ccccc2)c1. The van der Waals surface area contributed by atoms with E-state index in [2.05, 4.69) is 52.4 Å². The number of rotatable bonds is 3. The van der Waals surface area contributed by atoms with Crippen LogP contribution in [0.25, 0.3) is 5.57 Å². The first-order valence-electron chi connectivity index (χ1n) is 8.69. The molecule has 24 heavy (non-hydrogen) atoms. The van der Waals surface area contributed by atoms with E-state index in [1.54, 1.807) is 6.20 Å². The van der Waals surface area contributed by atoms with Crippen molar-refractivity contribution in [1.29, 1.82) is 5.26 Å². The molecule has 0 N–H and O–H groups in total. The van der Waals surface area contributed by atoms with Gasteiger partial charge in [0.05, 0.1) is 5.56 Å². The molecule has 2 atom stereocenters. The summed E-state index contributed by atoms with van der Waals surface area (Å²) in [7, 11) is 0. The Balaban J connectivity index is 1.61. The zero-order valence-electron chi connectivity index (χ0n) is 13.7. The van der Waals surface area contributed by atoms with Crippen LogP contribution in [0, 0.1) is 11.3 Å². The van der Waals surface area contributed by atoms with Crippen LogP contribution >= 0.6 is 0 Å². The van der Waals surface area contributed by atoms with Gasteiger partial charge in [-0.2, -0.15) is 5.26 Å². The van der Waals surface area contributed by atoms with Gasteiger partial charge in [0.15, 0.2) is 0 Å². The summed E-state index contributed by atoms with van der Waals surface area (Å²) in [5.41, 5.74) is 4.51. The van der Waals surface area contributed by atoms with Crippen molar-refractivity contribution in [2.75, 3.05) is 0 Å². The number of piperidine rings is 1. The molecule has 0 radical (unpaired) electrons. The Morgan fingerprint density at radius 1 is 1.17 bits per heavy atom. The summed E-state index contributed by atoms with van der Waals surface area (Å²) in [5.74, 6) is 0. The van der Waals surface area contributed by atoms with Gasteiger partial charge in [0.2, 0.25) is 0 Å². The molecule has 120 valence electrons. The van der Waals surface area contributed by atoms with Gasteiger partial charge in [-0.1, -0.05) is 42.8 Å². The van der Waals surface area contributed by atoms with E-state index in [1.807, 2.05) is 12.3 Å². The van der Waals surface area contributed by atoms with E-state index in [9.17, 15) is 0 Å². The minimum Gasteiger partial charge on any atom is -0.289 e. The quantitative estimate of drug-likeness (QED) is 0.853. The van der Waals surface area contributed by atoms with E-state index < -0.39 is 0 Å². The molecule has 2 aromatic rings. The summed E-state index contributed by atoms with van der Waals surface area (Å²) < 4.78 is 0. The van der Waals surface area contributed by atoms with Crippen molar-refractivity contribution in [2.24, 2.45) is 0 Å². The molecular weight excluding hydrogens is 294 g/mol. The Labute approximate surface area is 143 Å². The zero-order valence-corrected chi connectivity index (χ0v) is 13.7. The predicted octanol–water partition coefficient (Wildman–Crippen LogP) is 4.16. The molecule has 3 heterocycles. The van der Waals surface area contributed by atoms with Crippen LogP contribution in [0.5, 0.6) is 0 Å². The van der Waals surface area contributed by atoms with Crippen molar-refractivity contribution in [3.05, 3.63) is 71.6 Å². The van der Waals surface area contributed by atoms with Crippen LogP contribution in [0.4, 0.5) is 0 Å². The van der Waals surface area contributed by atoms with Gasteiger partial charge in [-0.15, -0.1) is 0 Å². The normalized spacial score (nSPS) is 23.4. The Hall–Kier alpha value is -2.44. The van der Waals surface area contributed by atoms with E-state index >= 15 is 0 Å². The first-order chi connectivity index (χ1) is 11.8. The second-order valence-corrected chi connectivity index (χ2v) is 6.78. The van der Waals surface area contributed by atoms with Crippen molar-refractivity contribution >= 4 is 5.57 Å². The summed E-state index contributed by atoms with van der Waals surface area (Å²) in [6, 6.07) is 16.0. The fourth-order valence-electron chi connectivity index (χ4n) is 4.05. The molecule has 2 aliphatic rings. The number of hydrogen-bond donors (Lipinski definition) is 0. The molecule has 1 aromatic heterocycles. The van der Waals surface area contributed by atoms with Crippen LogP contribution in [0.2, 0.25) is 0 Å². The summed E-state index contributed by atoms with van der Waals surface area (Å²) in [6.07, 6.45) is 10.8. The lowest BCUT2D eigenvalue weighted by atomic mass is 9.82. The molecule has 2 bridgehead atoms. The second-order valence-electron chi connectivity index (χ2n) is 6.78. The minimum absolute atomic E-state index is 0.499. The average Bonchev–Trinajstić information content (AvgIpc) is 2.62. The minimum atomic E-state index is 0.499. The Bertz CT molecular complexity index is 788. The van der Waals surface area contributed by atoms with Gasteiger partial charge < -0.3 is 0 Å². The topological polar surface area (TPSA) is 39.9 Å². The van der Waals surface area contributed by atoms with E-state index in [0.717, 1.165) is 18.5 Å². The highest BCUT2D eigenvalue weighted by Crippen LogP contribution is 2.37. The van der Waals surface area contributed by atoms with Gasteiger partial charge in [0.1, 0.15) is 6.07 Å². The highest BCUT2D eigenvalue weighted by molar-refractivity contribution is 5.68. The van der Waals surface area contributed by atoms with E-state index in [-0.39, 0.29) is 0 Å². The summed E-state index contributed by atoms with van der Waals surface area (Å²) in [5, 5.41) is 9.11. The van der Waals surface area contributed by atoms with Gasteiger partial charge in [0, 0.05) is 31.0 Å². The monoisotopic (exact) mass is 315 g/mol. The number of aromatic nitrogens is 1. The molecule has 1 saturated heterocycles. The lowest BCUT2D eigenvalue weighted by Crippen LogP contribution is -2.47. The lowest BCUT2D eigenvalue weighted by Gasteiger charge is -2.45. The van der Waals surface area contributed by atoms with Gasteiger partial charge in [0.25, 0.3) is 0 Å². The highest BCUT2D eigenvalue weighted by atomic mass is 15.2. The molecule has 4 rings (SSSR count). The Morgan fingerprint density at radius 2 is 2.04 bits per heavy atom. The van der Waals surface area contributed by atoms with Crippen molar-refractivity contribution < 1.29 is 0 Å². The molecule has 3 heteroatoms. The van der Waals surface area contributed by atoms with Crippen molar-refractivity contribution in [3.63, 3.8) is 0 Å². The second kappa shape index (κ2) is 6.59. The van der Waals surface area contributed by atoms with Crippen LogP contribution in [0.1, 0.15) is 42.4 Å². The van der Waals surface area contributed by atoms with E-state index in [4.69, 9.17) is 5.26 Å². The molecule has 0 spiro atoms. The van der Waals surface area contributed by atoms with Crippen LogP contribution in [-0.4, -0.2) is 22.0 Å². The molecule has 0 saturated carbocycles. The number of fused-ring (bicyclic) bond motifs is 2. The average molecular weight is 315 g/mol. The van der Waals surface area contributed by atoms with Gasteiger partial charge >= 0.3 is 0 Å². The maximum absolute atomic E-state index is 9.11. The third-order valence-corrected chi connectivity index (χ3v) is 5.23. The van der Waals surface area contributed by atoms with Crippen LogP contribution in [-0.2, 0) is 6.54 Å². The number of nitrogens with zero attached hydrogens (tertiary/aromatic N) is 3. The fraction of sp³-hybridized carbons (Fsp3) is 0.333. The summed E-state index contributed by atoms with van der Waals surface area (Å²) >= 11 is 0. The number of benzene rings is 1. The van der Waals surface area contributed by atoms with Crippen molar-refractivity contribution in [1.82, 2.24) is 9.88 Å². The molecule has 3 nitrogen and oxygen atoms in total. The first kappa shape index (κ1) is 15.1. The maximum atomic E-state index is 9.11. The van der Waals surface area contributed by atoms with Crippen molar-refractivity contribution in [3.8, 4) is 6.07 Å². The molecule has 1 fully saturated rings. The largest absolute Gasteiger partial charge is 0.289 e. The summed E-state index contributed by atoms with van der Waals surface area (Å²) in [4.78, 5) is 6.89. The number of nitriles is 1. The van der Waals surface area contributed by atoms with Gasteiger partial charge in [-0.25, -0.2) is 0 Å². The van der Waals surface area contributed by atoms with Crippen LogP contribution < -0.4 is 0 Å². The molecule has 2 aliphatic heterocycles. The number of hydrogen-bond acceptors (Lipinski definition) is 3. The standard InChI is InChI=1S/C21H21N3/c22-12-17-9-19(14-23-13-17)18-10-20-7-4-8-21(11-18)24(20)15-16-5-2-1-3-6-16/h1-3,5-6,9-10,13-14,20-21H,4,7-8,11,15H2. The maximum Gasteiger partial charge on any atom is 0.101 e. The Morgan fingerprint density at radius 3 is 2.83 bits per heavy atom. The molecule has 0 aliphatic carbocycles. The highest BCUT2D eigenvalue weighted by Gasteiger charge is 2.34. The molecule has 2 unspecified atom stereocenters. The zero-order chi connectivity index (χ0) is 16.4. The van der Waals surface area contributed by atoms with Gasteiger partial charge in [-0.05, 0) is 42.0 Å². The predicted molar refractivity (Wildman–Crippen MR) is 95.0 cm³/mol. The summed E-state index contributed by atoms with van der Waals surface area (Å²) in [6.45, 7) is 1.02. The molecule has 0 amide bonds. The third-order valence-electron chi connectivity index (χ3n) is 5.23. The Kier molecular flexibility index (Phi) is 4.15. The van der Waals surface area contributed by atoms with Crippen LogP contribution in [0.15, 0.2) is 54.9 Å². The fourth-order valence-corrected chi connectivity index (χ4v) is 4.05. The molecular formula is C21H21N3. The van der Waals surface area contributed by atoms with Crippen molar-refractivity contribution in [2.45, 2.75) is 44.3 Å². The molecule has 1 aromatic carbocycles. The number of pyridine rings is 1. The lowest BCUT2D eigenvalue weighted by molar-refractivity contribution is 0.0951.